The summed E-state index contributed by atoms with van der Waals surface area (Å²) < 4.78 is 21.6. The van der Waals surface area contributed by atoms with Crippen LogP contribution in [0, 0.1) is 11.7 Å². The maximum Gasteiger partial charge on any atom is 0.239 e. The van der Waals surface area contributed by atoms with Crippen molar-refractivity contribution < 1.29 is 8.91 Å². The maximum atomic E-state index is 14.3. The summed E-state index contributed by atoms with van der Waals surface area (Å²) in [6.07, 6.45) is 0. The van der Waals surface area contributed by atoms with Gasteiger partial charge in [-0.05, 0) is 25.0 Å². The fourth-order valence-electron chi connectivity index (χ4n) is 2.60. The molecule has 0 fully saturated rings. The Morgan fingerprint density at radius 3 is 2.48 bits per heavy atom. The van der Waals surface area contributed by atoms with Crippen LogP contribution in [-0.4, -0.2) is 24.9 Å². The van der Waals surface area contributed by atoms with Gasteiger partial charge in [-0.3, -0.25) is 0 Å². The smallest absolute Gasteiger partial charge is 0.239 e. The molecule has 0 bridgehead atoms. The van der Waals surface area contributed by atoms with E-state index in [1.807, 2.05) is 25.3 Å². The van der Waals surface area contributed by atoms with Crippen LogP contribution in [0.2, 0.25) is 0 Å². The van der Waals surface area contributed by atoms with E-state index in [1.54, 1.807) is 18.2 Å². The van der Waals surface area contributed by atoms with E-state index in [2.05, 4.69) is 34.2 Å². The molecule has 3 aromatic rings. The molecule has 0 radical (unpaired) electrons. The molecule has 8 heteroatoms. The summed E-state index contributed by atoms with van der Waals surface area (Å²) in [5.74, 6) is 2.03. The van der Waals surface area contributed by atoms with Gasteiger partial charge >= 0.3 is 0 Å². The lowest BCUT2D eigenvalue weighted by atomic mass is 10.2. The number of benzene rings is 1. The van der Waals surface area contributed by atoms with Crippen molar-refractivity contribution >= 4 is 11.8 Å². The van der Waals surface area contributed by atoms with Crippen molar-refractivity contribution in [2.75, 3.05) is 0 Å². The van der Waals surface area contributed by atoms with E-state index >= 15 is 0 Å². The average molecular weight is 390 g/mol. The van der Waals surface area contributed by atoms with Crippen LogP contribution in [0.1, 0.15) is 57.5 Å². The zero-order valence-electron chi connectivity index (χ0n) is 16.2. The Bertz CT molecular complexity index is 905. The van der Waals surface area contributed by atoms with Crippen molar-refractivity contribution in [2.24, 2.45) is 5.92 Å². The van der Waals surface area contributed by atoms with Crippen LogP contribution in [0.3, 0.4) is 0 Å². The Labute approximate surface area is 162 Å². The monoisotopic (exact) mass is 389 g/mol. The number of hydrogen-bond acceptors (Lipinski definition) is 6. The number of hydrogen-bond donors (Lipinski definition) is 0. The summed E-state index contributed by atoms with van der Waals surface area (Å²) in [7, 11) is 0. The van der Waals surface area contributed by atoms with Crippen LogP contribution >= 0.6 is 11.8 Å². The molecule has 0 saturated heterocycles. The summed E-state index contributed by atoms with van der Waals surface area (Å²) in [5.41, 5.74) is 0.449. The van der Waals surface area contributed by atoms with E-state index in [4.69, 9.17) is 4.52 Å². The van der Waals surface area contributed by atoms with Crippen molar-refractivity contribution in [1.82, 2.24) is 24.9 Å². The van der Waals surface area contributed by atoms with Crippen molar-refractivity contribution in [2.45, 2.75) is 57.5 Å². The molecule has 2 aromatic heterocycles. The highest BCUT2D eigenvalue weighted by molar-refractivity contribution is 7.99. The molecule has 0 saturated carbocycles. The molecule has 1 unspecified atom stereocenters. The van der Waals surface area contributed by atoms with E-state index in [9.17, 15) is 4.39 Å². The van der Waals surface area contributed by atoms with E-state index < -0.39 is 0 Å². The third-order valence-corrected chi connectivity index (χ3v) is 5.05. The number of thioether (sulfide) groups is 1. The third-order valence-electron chi connectivity index (χ3n) is 3.98. The van der Waals surface area contributed by atoms with E-state index in [0.717, 1.165) is 0 Å². The normalized spacial score (nSPS) is 12.9. The van der Waals surface area contributed by atoms with Crippen LogP contribution in [0.15, 0.2) is 33.9 Å². The molecule has 27 heavy (non-hydrogen) atoms. The van der Waals surface area contributed by atoms with Gasteiger partial charge < -0.3 is 9.09 Å². The van der Waals surface area contributed by atoms with Gasteiger partial charge in [-0.2, -0.15) is 4.98 Å². The molecule has 0 amide bonds. The van der Waals surface area contributed by atoms with Crippen LogP contribution in [-0.2, 0) is 6.54 Å². The minimum absolute atomic E-state index is 0.0893. The molecule has 1 atom stereocenters. The van der Waals surface area contributed by atoms with Crippen LogP contribution in [0.4, 0.5) is 4.39 Å². The van der Waals surface area contributed by atoms with Crippen LogP contribution in [0.25, 0.3) is 11.4 Å². The lowest BCUT2D eigenvalue weighted by Gasteiger charge is -2.14. The molecule has 0 spiro atoms. The quantitative estimate of drug-likeness (QED) is 0.524. The minimum Gasteiger partial charge on any atom is -0.338 e. The van der Waals surface area contributed by atoms with E-state index in [0.29, 0.717) is 40.7 Å². The topological polar surface area (TPSA) is 69.6 Å². The number of aromatic nitrogens is 5. The van der Waals surface area contributed by atoms with Gasteiger partial charge in [0.15, 0.2) is 16.8 Å². The molecular formula is C19H24FN5OS. The number of halogens is 1. The van der Waals surface area contributed by atoms with Crippen LogP contribution in [0.5, 0.6) is 0 Å². The van der Waals surface area contributed by atoms with Crippen molar-refractivity contribution in [3.63, 3.8) is 0 Å². The summed E-state index contributed by atoms with van der Waals surface area (Å²) in [4.78, 5) is 4.46. The first-order valence-electron chi connectivity index (χ1n) is 9.05. The molecule has 0 N–H and O–H groups in total. The van der Waals surface area contributed by atoms with Gasteiger partial charge in [0.25, 0.3) is 0 Å². The molecule has 2 heterocycles. The van der Waals surface area contributed by atoms with Crippen molar-refractivity contribution in [3.8, 4) is 11.4 Å². The standard InChI is InChI=1S/C19H24FN5OS/c1-11(2)10-25-17(14-8-6-7-9-15(14)20)22-23-19(25)27-13(5)18-21-16(12(3)4)24-26-18/h6-9,11-13H,10H2,1-5H3. The second-order valence-corrected chi connectivity index (χ2v) is 8.50. The summed E-state index contributed by atoms with van der Waals surface area (Å²) in [5, 5.41) is 13.2. The molecule has 0 aliphatic carbocycles. The fraction of sp³-hybridized carbons (Fsp3) is 0.474. The largest absolute Gasteiger partial charge is 0.338 e. The molecule has 0 aliphatic rings. The zero-order valence-corrected chi connectivity index (χ0v) is 17.0. The Morgan fingerprint density at radius 2 is 1.85 bits per heavy atom. The lowest BCUT2D eigenvalue weighted by molar-refractivity contribution is 0.372. The molecular weight excluding hydrogens is 365 g/mol. The maximum absolute atomic E-state index is 14.3. The Hall–Kier alpha value is -2.22. The second kappa shape index (κ2) is 8.21. The Morgan fingerprint density at radius 1 is 1.11 bits per heavy atom. The SMILES string of the molecule is CC(C)Cn1c(SC(C)c2nc(C(C)C)no2)nnc1-c1ccccc1F. The highest BCUT2D eigenvalue weighted by atomic mass is 32.2. The van der Waals surface area contributed by atoms with Gasteiger partial charge in [0.1, 0.15) is 5.82 Å². The third kappa shape index (κ3) is 4.37. The van der Waals surface area contributed by atoms with Gasteiger partial charge in [0, 0.05) is 12.5 Å². The molecule has 6 nitrogen and oxygen atoms in total. The van der Waals surface area contributed by atoms with Gasteiger partial charge in [-0.15, -0.1) is 10.2 Å². The first-order chi connectivity index (χ1) is 12.9. The Kier molecular flexibility index (Phi) is 5.94. The highest BCUT2D eigenvalue weighted by Gasteiger charge is 2.23. The van der Waals surface area contributed by atoms with Crippen molar-refractivity contribution in [1.29, 1.82) is 0 Å². The highest BCUT2D eigenvalue weighted by Crippen LogP contribution is 2.35. The van der Waals surface area contributed by atoms with E-state index in [1.165, 1.54) is 17.8 Å². The van der Waals surface area contributed by atoms with Gasteiger partial charge in [-0.1, -0.05) is 56.7 Å². The van der Waals surface area contributed by atoms with Crippen molar-refractivity contribution in [3.05, 3.63) is 41.8 Å². The lowest BCUT2D eigenvalue weighted by Crippen LogP contribution is -2.09. The minimum atomic E-state index is -0.307. The predicted octanol–water partition coefficient (Wildman–Crippen LogP) is 5.10. The van der Waals surface area contributed by atoms with Gasteiger partial charge in [0.2, 0.25) is 5.89 Å². The first-order valence-corrected chi connectivity index (χ1v) is 9.93. The summed E-state index contributed by atoms with van der Waals surface area (Å²) in [6.45, 7) is 10.9. The molecule has 144 valence electrons. The number of nitrogens with zero attached hydrogens (tertiary/aromatic N) is 5. The summed E-state index contributed by atoms with van der Waals surface area (Å²) in [6, 6.07) is 6.63. The van der Waals surface area contributed by atoms with E-state index in [-0.39, 0.29) is 17.0 Å². The van der Waals surface area contributed by atoms with Gasteiger partial charge in [-0.25, -0.2) is 4.39 Å². The second-order valence-electron chi connectivity index (χ2n) is 7.20. The number of rotatable bonds is 7. The molecule has 1 aromatic carbocycles. The van der Waals surface area contributed by atoms with Crippen LogP contribution < -0.4 is 0 Å². The first kappa shape index (κ1) is 19.5. The zero-order chi connectivity index (χ0) is 19.6. The average Bonchev–Trinajstić information content (AvgIpc) is 3.24. The van der Waals surface area contributed by atoms with Gasteiger partial charge in [0.05, 0.1) is 10.8 Å². The Balaban J connectivity index is 1.91. The predicted molar refractivity (Wildman–Crippen MR) is 103 cm³/mol. The fourth-order valence-corrected chi connectivity index (χ4v) is 3.49. The summed E-state index contributed by atoms with van der Waals surface area (Å²) >= 11 is 1.48. The molecule has 0 aliphatic heterocycles. The molecule has 3 rings (SSSR count).